The van der Waals surface area contributed by atoms with Crippen molar-refractivity contribution in [1.29, 1.82) is 0 Å². The molecule has 5 nitrogen and oxygen atoms in total. The zero-order chi connectivity index (χ0) is 14.1. The summed E-state index contributed by atoms with van der Waals surface area (Å²) in [6, 6.07) is 6.40. The summed E-state index contributed by atoms with van der Waals surface area (Å²) in [5.41, 5.74) is 8.79. The highest BCUT2D eigenvalue weighted by Gasteiger charge is 2.24. The van der Waals surface area contributed by atoms with Crippen LogP contribution >= 0.6 is 0 Å². The van der Waals surface area contributed by atoms with Crippen LogP contribution < -0.4 is 5.73 Å². The van der Waals surface area contributed by atoms with E-state index in [2.05, 4.69) is 28.5 Å². The van der Waals surface area contributed by atoms with E-state index in [-0.39, 0.29) is 0 Å². The van der Waals surface area contributed by atoms with Crippen LogP contribution in [0.25, 0.3) is 11.4 Å². The third kappa shape index (κ3) is 2.40. The van der Waals surface area contributed by atoms with Gasteiger partial charge in [-0.25, -0.2) is 4.68 Å². The summed E-state index contributed by atoms with van der Waals surface area (Å²) in [4.78, 5) is 0. The number of hydrogen-bond donors (Lipinski definition) is 1. The van der Waals surface area contributed by atoms with Gasteiger partial charge in [-0.2, -0.15) is 0 Å². The van der Waals surface area contributed by atoms with Crippen LogP contribution in [0.4, 0.5) is 5.69 Å². The SMILES string of the molecule is Cc1cc(-c2nnnn2C2CCCC(C)C2)ccc1N. The van der Waals surface area contributed by atoms with Crippen molar-refractivity contribution in [3.8, 4) is 11.4 Å². The fourth-order valence-electron chi connectivity index (χ4n) is 3.07. The number of nitrogens with zero attached hydrogens (tertiary/aromatic N) is 4. The number of tetrazole rings is 1. The summed E-state index contributed by atoms with van der Waals surface area (Å²) in [6.07, 6.45) is 4.89. The fourth-order valence-corrected chi connectivity index (χ4v) is 3.07. The third-order valence-electron chi connectivity index (χ3n) is 4.28. The zero-order valence-electron chi connectivity index (χ0n) is 12.1. The van der Waals surface area contributed by atoms with E-state index in [9.17, 15) is 0 Å². The minimum Gasteiger partial charge on any atom is -0.399 e. The van der Waals surface area contributed by atoms with Crippen molar-refractivity contribution in [3.63, 3.8) is 0 Å². The summed E-state index contributed by atoms with van der Waals surface area (Å²) < 4.78 is 2.00. The lowest BCUT2D eigenvalue weighted by atomic mass is 9.87. The van der Waals surface area contributed by atoms with Gasteiger partial charge in [-0.1, -0.05) is 19.8 Å². The van der Waals surface area contributed by atoms with Crippen LogP contribution in [-0.2, 0) is 0 Å². The topological polar surface area (TPSA) is 69.6 Å². The molecule has 0 saturated heterocycles. The van der Waals surface area contributed by atoms with Crippen LogP contribution in [0.15, 0.2) is 18.2 Å². The lowest BCUT2D eigenvalue weighted by Gasteiger charge is -2.27. The largest absolute Gasteiger partial charge is 0.399 e. The molecule has 0 bridgehead atoms. The van der Waals surface area contributed by atoms with Crippen molar-refractivity contribution in [2.45, 2.75) is 45.6 Å². The normalized spacial score (nSPS) is 22.9. The van der Waals surface area contributed by atoms with Crippen molar-refractivity contribution in [1.82, 2.24) is 20.2 Å². The molecule has 2 unspecified atom stereocenters. The predicted octanol–water partition coefficient (Wildman–Crippen LogP) is 2.98. The Morgan fingerprint density at radius 2 is 2.15 bits per heavy atom. The number of nitrogen functional groups attached to an aromatic ring is 1. The molecule has 0 aliphatic heterocycles. The van der Waals surface area contributed by atoms with Gasteiger partial charge >= 0.3 is 0 Å². The Bertz CT molecular complexity index is 604. The predicted molar refractivity (Wildman–Crippen MR) is 79.1 cm³/mol. The summed E-state index contributed by atoms with van der Waals surface area (Å²) in [7, 11) is 0. The van der Waals surface area contributed by atoms with E-state index < -0.39 is 0 Å². The standard InChI is InChI=1S/C15H21N5/c1-10-4-3-5-13(8-10)20-15(17-18-19-20)12-6-7-14(16)11(2)9-12/h6-7,9-10,13H,3-5,8,16H2,1-2H3. The molecule has 0 amide bonds. The number of nitrogens with two attached hydrogens (primary N) is 1. The molecule has 106 valence electrons. The molecule has 0 spiro atoms. The monoisotopic (exact) mass is 271 g/mol. The van der Waals surface area contributed by atoms with E-state index in [0.717, 1.165) is 41.4 Å². The summed E-state index contributed by atoms with van der Waals surface area (Å²) in [6.45, 7) is 4.32. The second-order valence-corrected chi connectivity index (χ2v) is 5.94. The van der Waals surface area contributed by atoms with Crippen LogP contribution in [0.5, 0.6) is 0 Å². The molecule has 2 N–H and O–H groups in total. The van der Waals surface area contributed by atoms with Gasteiger partial charge in [-0.05, 0) is 59.9 Å². The number of aryl methyl sites for hydroxylation is 1. The molecule has 1 aromatic carbocycles. The number of hydrogen-bond acceptors (Lipinski definition) is 4. The number of benzene rings is 1. The van der Waals surface area contributed by atoms with Crippen molar-refractivity contribution in [2.75, 3.05) is 5.73 Å². The molecule has 1 saturated carbocycles. The average molecular weight is 271 g/mol. The van der Waals surface area contributed by atoms with Gasteiger partial charge < -0.3 is 5.73 Å². The van der Waals surface area contributed by atoms with Crippen molar-refractivity contribution in [2.24, 2.45) is 5.92 Å². The molecule has 1 aliphatic rings. The summed E-state index contributed by atoms with van der Waals surface area (Å²) in [5.74, 6) is 1.60. The van der Waals surface area contributed by atoms with E-state index >= 15 is 0 Å². The molecule has 1 aliphatic carbocycles. The molecule has 1 fully saturated rings. The molecule has 3 rings (SSSR count). The first-order valence-electron chi connectivity index (χ1n) is 7.29. The highest BCUT2D eigenvalue weighted by Crippen LogP contribution is 2.34. The average Bonchev–Trinajstić information content (AvgIpc) is 2.91. The molecule has 1 aromatic heterocycles. The van der Waals surface area contributed by atoms with Crippen LogP contribution in [0.2, 0.25) is 0 Å². The molecular weight excluding hydrogens is 250 g/mol. The second kappa shape index (κ2) is 5.23. The Morgan fingerprint density at radius 3 is 2.90 bits per heavy atom. The van der Waals surface area contributed by atoms with Gasteiger partial charge in [-0.15, -0.1) is 5.10 Å². The number of aromatic nitrogens is 4. The maximum Gasteiger partial charge on any atom is 0.182 e. The van der Waals surface area contributed by atoms with Gasteiger partial charge in [0.15, 0.2) is 5.82 Å². The van der Waals surface area contributed by atoms with Crippen LogP contribution in [0.1, 0.15) is 44.2 Å². The Hall–Kier alpha value is -1.91. The van der Waals surface area contributed by atoms with Gasteiger partial charge in [0.25, 0.3) is 0 Å². The first-order valence-corrected chi connectivity index (χ1v) is 7.29. The molecule has 0 radical (unpaired) electrons. The Morgan fingerprint density at radius 1 is 1.30 bits per heavy atom. The zero-order valence-corrected chi connectivity index (χ0v) is 12.1. The smallest absolute Gasteiger partial charge is 0.182 e. The molecule has 20 heavy (non-hydrogen) atoms. The molecule has 2 atom stereocenters. The van der Waals surface area contributed by atoms with Crippen molar-refractivity contribution < 1.29 is 0 Å². The first kappa shape index (κ1) is 13.1. The highest BCUT2D eigenvalue weighted by molar-refractivity contribution is 5.61. The van der Waals surface area contributed by atoms with E-state index in [0.29, 0.717) is 6.04 Å². The van der Waals surface area contributed by atoms with Crippen molar-refractivity contribution in [3.05, 3.63) is 23.8 Å². The van der Waals surface area contributed by atoms with Gasteiger partial charge in [-0.3, -0.25) is 0 Å². The molecular formula is C15H21N5. The van der Waals surface area contributed by atoms with Crippen LogP contribution in [-0.4, -0.2) is 20.2 Å². The minimum atomic E-state index is 0.418. The summed E-state index contributed by atoms with van der Waals surface area (Å²) >= 11 is 0. The molecule has 2 aromatic rings. The Kier molecular flexibility index (Phi) is 3.42. The lowest BCUT2D eigenvalue weighted by molar-refractivity contribution is 0.265. The van der Waals surface area contributed by atoms with Gasteiger partial charge in [0.2, 0.25) is 0 Å². The van der Waals surface area contributed by atoms with E-state index in [1.165, 1.54) is 12.8 Å². The van der Waals surface area contributed by atoms with Gasteiger partial charge in [0.1, 0.15) is 0 Å². The third-order valence-corrected chi connectivity index (χ3v) is 4.28. The highest BCUT2D eigenvalue weighted by atomic mass is 15.5. The second-order valence-electron chi connectivity index (χ2n) is 5.94. The fraction of sp³-hybridized carbons (Fsp3) is 0.533. The number of anilines is 1. The minimum absolute atomic E-state index is 0.418. The molecule has 1 heterocycles. The maximum atomic E-state index is 5.88. The quantitative estimate of drug-likeness (QED) is 0.852. The van der Waals surface area contributed by atoms with E-state index in [1.54, 1.807) is 0 Å². The van der Waals surface area contributed by atoms with E-state index in [1.807, 2.05) is 23.7 Å². The van der Waals surface area contributed by atoms with Crippen molar-refractivity contribution >= 4 is 5.69 Å². The van der Waals surface area contributed by atoms with Crippen LogP contribution in [0.3, 0.4) is 0 Å². The number of rotatable bonds is 2. The Labute approximate surface area is 119 Å². The maximum absolute atomic E-state index is 5.88. The lowest BCUT2D eigenvalue weighted by Crippen LogP contribution is -2.19. The summed E-state index contributed by atoms with van der Waals surface area (Å²) in [5, 5.41) is 12.3. The molecule has 5 heteroatoms. The van der Waals surface area contributed by atoms with Gasteiger partial charge in [0.05, 0.1) is 6.04 Å². The first-order chi connectivity index (χ1) is 9.65. The van der Waals surface area contributed by atoms with E-state index in [4.69, 9.17) is 5.73 Å². The Balaban J connectivity index is 1.95. The van der Waals surface area contributed by atoms with Crippen LogP contribution in [0, 0.1) is 12.8 Å². The van der Waals surface area contributed by atoms with Gasteiger partial charge in [0, 0.05) is 11.3 Å².